The van der Waals surface area contributed by atoms with Gasteiger partial charge in [0.1, 0.15) is 11.5 Å². The Morgan fingerprint density at radius 3 is 2.38 bits per heavy atom. The van der Waals surface area contributed by atoms with Crippen LogP contribution in [0.4, 0.5) is 0 Å². The van der Waals surface area contributed by atoms with Gasteiger partial charge in [0.25, 0.3) is 0 Å². The van der Waals surface area contributed by atoms with Crippen LogP contribution in [0.15, 0.2) is 18.2 Å². The van der Waals surface area contributed by atoms with Crippen LogP contribution in [0.5, 0.6) is 11.5 Å². The van der Waals surface area contributed by atoms with Crippen molar-refractivity contribution in [2.24, 2.45) is 0 Å². The van der Waals surface area contributed by atoms with Crippen LogP contribution in [0, 0.1) is 0 Å². The molecule has 2 unspecified atom stereocenters. The van der Waals surface area contributed by atoms with Gasteiger partial charge >= 0.3 is 0 Å². The van der Waals surface area contributed by atoms with Crippen molar-refractivity contribution < 1.29 is 10.2 Å². The van der Waals surface area contributed by atoms with Crippen LogP contribution in [0.3, 0.4) is 0 Å². The van der Waals surface area contributed by atoms with E-state index in [0.29, 0.717) is 11.6 Å². The van der Waals surface area contributed by atoms with Gasteiger partial charge in [0, 0.05) is 25.2 Å². The highest BCUT2D eigenvalue weighted by atomic mass is 16.3. The maximum absolute atomic E-state index is 10.0. The molecule has 4 nitrogen and oxygen atoms in total. The maximum atomic E-state index is 10.0. The quantitative estimate of drug-likeness (QED) is 0.898. The second kappa shape index (κ2) is 6.24. The van der Waals surface area contributed by atoms with Crippen molar-refractivity contribution in [1.29, 1.82) is 0 Å². The van der Waals surface area contributed by atoms with Gasteiger partial charge in [-0.05, 0) is 51.4 Å². The molecule has 2 aliphatic heterocycles. The molecular formula is C17H26N2O2. The number of piperidine rings is 1. The lowest BCUT2D eigenvalue weighted by Gasteiger charge is -2.33. The van der Waals surface area contributed by atoms with E-state index in [2.05, 4.69) is 16.7 Å². The first-order valence-corrected chi connectivity index (χ1v) is 8.16. The third-order valence-electron chi connectivity index (χ3n) is 5.13. The summed E-state index contributed by atoms with van der Waals surface area (Å²) in [6.07, 6.45) is 5.21. The normalized spacial score (nSPS) is 26.0. The van der Waals surface area contributed by atoms with Crippen molar-refractivity contribution in [3.05, 3.63) is 23.8 Å². The molecule has 0 bridgehead atoms. The van der Waals surface area contributed by atoms with Gasteiger partial charge in [0.15, 0.2) is 0 Å². The van der Waals surface area contributed by atoms with E-state index < -0.39 is 0 Å². The van der Waals surface area contributed by atoms with Crippen molar-refractivity contribution >= 4 is 0 Å². The summed E-state index contributed by atoms with van der Waals surface area (Å²) in [5.41, 5.74) is 0.664. The van der Waals surface area contributed by atoms with E-state index in [-0.39, 0.29) is 17.5 Å². The number of hydrogen-bond donors (Lipinski definition) is 2. The summed E-state index contributed by atoms with van der Waals surface area (Å²) >= 11 is 0. The molecule has 4 heteroatoms. The van der Waals surface area contributed by atoms with Crippen LogP contribution in [0.2, 0.25) is 0 Å². The molecule has 0 aromatic heterocycles. The zero-order valence-electron chi connectivity index (χ0n) is 12.8. The summed E-state index contributed by atoms with van der Waals surface area (Å²) in [5, 5.41) is 20.1. The fourth-order valence-corrected chi connectivity index (χ4v) is 3.85. The van der Waals surface area contributed by atoms with Crippen molar-refractivity contribution in [3.63, 3.8) is 0 Å². The lowest BCUT2D eigenvalue weighted by Crippen LogP contribution is -2.41. The molecule has 0 radical (unpaired) electrons. The van der Waals surface area contributed by atoms with Gasteiger partial charge in [0.2, 0.25) is 0 Å². The number of hydrogen-bond acceptors (Lipinski definition) is 4. The Morgan fingerprint density at radius 2 is 1.71 bits per heavy atom. The fourth-order valence-electron chi connectivity index (χ4n) is 3.85. The number of benzene rings is 1. The molecule has 1 aromatic carbocycles. The third-order valence-corrected chi connectivity index (χ3v) is 5.13. The number of aromatic hydroxyl groups is 2. The highest BCUT2D eigenvalue weighted by Crippen LogP contribution is 2.37. The van der Waals surface area contributed by atoms with Gasteiger partial charge in [-0.2, -0.15) is 0 Å². The van der Waals surface area contributed by atoms with Gasteiger partial charge in [0.05, 0.1) is 5.56 Å². The summed E-state index contributed by atoms with van der Waals surface area (Å²) in [5.74, 6) is 0.396. The second-order valence-electron chi connectivity index (χ2n) is 6.42. The Morgan fingerprint density at radius 1 is 1.05 bits per heavy atom. The Hall–Kier alpha value is -1.26. The molecule has 2 aliphatic rings. The molecule has 2 saturated heterocycles. The zero-order chi connectivity index (χ0) is 14.8. The zero-order valence-corrected chi connectivity index (χ0v) is 12.8. The predicted octanol–water partition coefficient (Wildman–Crippen LogP) is 2.72. The molecule has 0 amide bonds. The van der Waals surface area contributed by atoms with E-state index in [4.69, 9.17) is 0 Å². The second-order valence-corrected chi connectivity index (χ2v) is 6.42. The van der Waals surface area contributed by atoms with Crippen molar-refractivity contribution in [3.8, 4) is 11.5 Å². The summed E-state index contributed by atoms with van der Waals surface area (Å²) < 4.78 is 0. The lowest BCUT2D eigenvalue weighted by molar-refractivity contribution is 0.153. The van der Waals surface area contributed by atoms with Crippen LogP contribution < -0.4 is 0 Å². The first-order valence-electron chi connectivity index (χ1n) is 8.16. The Kier molecular flexibility index (Phi) is 4.36. The molecule has 21 heavy (non-hydrogen) atoms. The first kappa shape index (κ1) is 14.7. The average molecular weight is 290 g/mol. The minimum absolute atomic E-state index is 0.0565. The van der Waals surface area contributed by atoms with E-state index >= 15 is 0 Å². The summed E-state index contributed by atoms with van der Waals surface area (Å²) in [7, 11) is 0. The molecular weight excluding hydrogens is 264 g/mol. The van der Waals surface area contributed by atoms with Crippen molar-refractivity contribution in [2.45, 2.75) is 44.7 Å². The Balaban J connectivity index is 1.68. The molecule has 0 saturated carbocycles. The monoisotopic (exact) mass is 290 g/mol. The smallest absolute Gasteiger partial charge is 0.124 e. The molecule has 2 atom stereocenters. The summed E-state index contributed by atoms with van der Waals surface area (Å²) in [4.78, 5) is 5.01. The van der Waals surface area contributed by atoms with Gasteiger partial charge < -0.3 is 10.2 Å². The first-order chi connectivity index (χ1) is 10.2. The van der Waals surface area contributed by atoms with E-state index in [1.165, 1.54) is 38.8 Å². The number of likely N-dealkylation sites (tertiary alicyclic amines) is 2. The highest BCUT2D eigenvalue weighted by molar-refractivity contribution is 5.45. The molecule has 3 rings (SSSR count). The SMILES string of the molecule is CC(c1c(O)cccc1O)N1CCC(N2CCCCC2)C1. The van der Waals surface area contributed by atoms with E-state index in [1.807, 2.05) is 0 Å². The Labute approximate surface area is 127 Å². The molecule has 2 N–H and O–H groups in total. The van der Waals surface area contributed by atoms with Crippen LogP contribution in [-0.4, -0.2) is 52.2 Å². The van der Waals surface area contributed by atoms with Crippen LogP contribution >= 0.6 is 0 Å². The number of nitrogens with zero attached hydrogens (tertiary/aromatic N) is 2. The molecule has 2 fully saturated rings. The number of phenolic OH excluding ortho intramolecular Hbond substituents is 2. The molecule has 116 valence electrons. The van der Waals surface area contributed by atoms with Crippen molar-refractivity contribution in [2.75, 3.05) is 26.2 Å². The van der Waals surface area contributed by atoms with Gasteiger partial charge in [-0.1, -0.05) is 12.5 Å². The van der Waals surface area contributed by atoms with E-state index in [0.717, 1.165) is 13.1 Å². The summed E-state index contributed by atoms with van der Waals surface area (Å²) in [6, 6.07) is 5.69. The van der Waals surface area contributed by atoms with Crippen LogP contribution in [0.1, 0.15) is 44.2 Å². The maximum Gasteiger partial charge on any atom is 0.124 e. The third kappa shape index (κ3) is 3.01. The van der Waals surface area contributed by atoms with Crippen molar-refractivity contribution in [1.82, 2.24) is 9.80 Å². The van der Waals surface area contributed by atoms with Gasteiger partial charge in [-0.3, -0.25) is 9.80 Å². The number of rotatable bonds is 3. The standard InChI is InChI=1S/C17H26N2O2/c1-13(17-15(20)6-5-7-16(17)21)19-11-8-14(12-19)18-9-3-2-4-10-18/h5-7,13-14,20-21H,2-4,8-12H2,1H3. The molecule has 2 heterocycles. The summed E-state index contributed by atoms with van der Waals surface area (Å²) in [6.45, 7) is 6.61. The highest BCUT2D eigenvalue weighted by Gasteiger charge is 2.32. The topological polar surface area (TPSA) is 46.9 Å². The van der Waals surface area contributed by atoms with Gasteiger partial charge in [-0.15, -0.1) is 0 Å². The number of phenols is 2. The largest absolute Gasteiger partial charge is 0.507 e. The molecule has 0 aliphatic carbocycles. The lowest BCUT2D eigenvalue weighted by atomic mass is 10.0. The fraction of sp³-hybridized carbons (Fsp3) is 0.647. The van der Waals surface area contributed by atoms with E-state index in [9.17, 15) is 10.2 Å². The van der Waals surface area contributed by atoms with Crippen LogP contribution in [-0.2, 0) is 0 Å². The minimum Gasteiger partial charge on any atom is -0.507 e. The van der Waals surface area contributed by atoms with Gasteiger partial charge in [-0.25, -0.2) is 0 Å². The van der Waals surface area contributed by atoms with E-state index in [1.54, 1.807) is 18.2 Å². The average Bonchev–Trinajstić information content (AvgIpc) is 2.97. The Bertz CT molecular complexity index is 465. The molecule has 1 aromatic rings. The minimum atomic E-state index is 0.0565. The molecule has 0 spiro atoms. The predicted molar refractivity (Wildman–Crippen MR) is 83.6 cm³/mol. The van der Waals surface area contributed by atoms with Crippen LogP contribution in [0.25, 0.3) is 0 Å².